The van der Waals surface area contributed by atoms with Crippen molar-refractivity contribution >= 4 is 5.69 Å². The van der Waals surface area contributed by atoms with Crippen LogP contribution < -0.4 is 10.1 Å². The van der Waals surface area contributed by atoms with E-state index in [1.54, 1.807) is 0 Å². The van der Waals surface area contributed by atoms with Gasteiger partial charge in [0.15, 0.2) is 0 Å². The van der Waals surface area contributed by atoms with E-state index in [1.165, 1.54) is 5.56 Å². The largest absolute Gasteiger partial charge is 0.494 e. The second kappa shape index (κ2) is 6.96. The van der Waals surface area contributed by atoms with Gasteiger partial charge < -0.3 is 14.6 Å². The number of benzene rings is 2. The van der Waals surface area contributed by atoms with E-state index in [0.717, 1.165) is 17.0 Å². The minimum absolute atomic E-state index is 0.495. The van der Waals surface area contributed by atoms with Crippen LogP contribution in [0, 0.1) is 6.92 Å². The average molecular weight is 309 g/mol. The molecule has 1 heterocycles. The molecule has 0 radical (unpaired) electrons. The number of nitrogens with one attached hydrogen (secondary N) is 1. The van der Waals surface area contributed by atoms with Crippen LogP contribution in [0.15, 0.2) is 53.1 Å². The zero-order valence-corrected chi connectivity index (χ0v) is 13.2. The first-order valence-corrected chi connectivity index (χ1v) is 7.61. The van der Waals surface area contributed by atoms with Gasteiger partial charge in [0.2, 0.25) is 11.7 Å². The first kappa shape index (κ1) is 15.1. The maximum Gasteiger partial charge on any atom is 0.246 e. The number of nitrogens with zero attached hydrogens (tertiary/aromatic N) is 2. The van der Waals surface area contributed by atoms with Crippen molar-refractivity contribution in [1.29, 1.82) is 0 Å². The van der Waals surface area contributed by atoms with Gasteiger partial charge in [-0.2, -0.15) is 4.98 Å². The highest BCUT2D eigenvalue weighted by Crippen LogP contribution is 2.20. The molecule has 0 fully saturated rings. The van der Waals surface area contributed by atoms with Gasteiger partial charge in [-0.25, -0.2) is 0 Å². The van der Waals surface area contributed by atoms with Crippen LogP contribution in [0.5, 0.6) is 5.75 Å². The van der Waals surface area contributed by atoms with Crippen LogP contribution in [0.1, 0.15) is 18.4 Å². The van der Waals surface area contributed by atoms with Gasteiger partial charge in [0.25, 0.3) is 0 Å². The summed E-state index contributed by atoms with van der Waals surface area (Å²) in [7, 11) is 0. The number of rotatable bonds is 6. The Labute approximate surface area is 135 Å². The van der Waals surface area contributed by atoms with Gasteiger partial charge in [-0.1, -0.05) is 23.4 Å². The third-order valence-corrected chi connectivity index (χ3v) is 3.47. The third-order valence-electron chi connectivity index (χ3n) is 3.47. The number of aryl methyl sites for hydroxylation is 1. The Morgan fingerprint density at radius 1 is 1.09 bits per heavy atom. The minimum atomic E-state index is 0.495. The van der Waals surface area contributed by atoms with Crippen molar-refractivity contribution in [3.8, 4) is 17.1 Å². The first-order chi connectivity index (χ1) is 11.3. The number of hydrogen-bond acceptors (Lipinski definition) is 5. The molecule has 0 aliphatic heterocycles. The number of aromatic nitrogens is 2. The summed E-state index contributed by atoms with van der Waals surface area (Å²) in [6, 6.07) is 15.7. The van der Waals surface area contributed by atoms with Crippen LogP contribution in [0.4, 0.5) is 5.69 Å². The molecule has 118 valence electrons. The van der Waals surface area contributed by atoms with E-state index in [9.17, 15) is 0 Å². The quantitative estimate of drug-likeness (QED) is 0.744. The van der Waals surface area contributed by atoms with E-state index < -0.39 is 0 Å². The molecule has 23 heavy (non-hydrogen) atoms. The molecule has 5 nitrogen and oxygen atoms in total. The Bertz CT molecular complexity index is 766. The van der Waals surface area contributed by atoms with Crippen molar-refractivity contribution in [2.45, 2.75) is 20.4 Å². The summed E-state index contributed by atoms with van der Waals surface area (Å²) in [4.78, 5) is 4.42. The Kier molecular flexibility index (Phi) is 4.57. The Hall–Kier alpha value is -2.82. The fourth-order valence-electron chi connectivity index (χ4n) is 2.25. The molecule has 0 saturated heterocycles. The number of hydrogen-bond donors (Lipinski definition) is 1. The zero-order chi connectivity index (χ0) is 16.1. The van der Waals surface area contributed by atoms with E-state index in [0.29, 0.717) is 24.9 Å². The summed E-state index contributed by atoms with van der Waals surface area (Å²) in [5.41, 5.74) is 3.14. The van der Waals surface area contributed by atoms with Crippen LogP contribution >= 0.6 is 0 Å². The highest BCUT2D eigenvalue weighted by molar-refractivity contribution is 5.55. The van der Waals surface area contributed by atoms with Crippen LogP contribution in [0.3, 0.4) is 0 Å². The van der Waals surface area contributed by atoms with Crippen LogP contribution in [-0.4, -0.2) is 16.7 Å². The number of ether oxygens (including phenoxy) is 1. The zero-order valence-electron chi connectivity index (χ0n) is 13.2. The van der Waals surface area contributed by atoms with E-state index in [2.05, 4.69) is 28.4 Å². The summed E-state index contributed by atoms with van der Waals surface area (Å²) >= 11 is 0. The van der Waals surface area contributed by atoms with E-state index >= 15 is 0 Å². The van der Waals surface area contributed by atoms with Gasteiger partial charge >= 0.3 is 0 Å². The molecule has 0 saturated carbocycles. The molecule has 3 aromatic rings. The fourth-order valence-corrected chi connectivity index (χ4v) is 2.25. The van der Waals surface area contributed by atoms with E-state index in [-0.39, 0.29) is 0 Å². The van der Waals surface area contributed by atoms with Gasteiger partial charge in [0.05, 0.1) is 13.2 Å². The molecular weight excluding hydrogens is 290 g/mol. The topological polar surface area (TPSA) is 60.2 Å². The minimum Gasteiger partial charge on any atom is -0.494 e. The second-order valence-electron chi connectivity index (χ2n) is 5.14. The molecule has 0 amide bonds. The van der Waals surface area contributed by atoms with Crippen LogP contribution in [0.2, 0.25) is 0 Å². The highest BCUT2D eigenvalue weighted by atomic mass is 16.5. The van der Waals surface area contributed by atoms with Gasteiger partial charge in [-0.3, -0.25) is 0 Å². The normalized spacial score (nSPS) is 10.5. The molecule has 0 bridgehead atoms. The van der Waals surface area contributed by atoms with E-state index in [4.69, 9.17) is 9.26 Å². The summed E-state index contributed by atoms with van der Waals surface area (Å²) in [5, 5.41) is 7.33. The molecule has 0 spiro atoms. The van der Waals surface area contributed by atoms with Crippen molar-refractivity contribution in [3.63, 3.8) is 0 Å². The molecule has 5 heteroatoms. The first-order valence-electron chi connectivity index (χ1n) is 7.61. The number of anilines is 1. The second-order valence-corrected chi connectivity index (χ2v) is 5.14. The lowest BCUT2D eigenvalue weighted by Crippen LogP contribution is -2.01. The van der Waals surface area contributed by atoms with Crippen LogP contribution in [0.25, 0.3) is 11.4 Å². The highest BCUT2D eigenvalue weighted by Gasteiger charge is 2.09. The summed E-state index contributed by atoms with van der Waals surface area (Å²) < 4.78 is 10.7. The van der Waals surface area contributed by atoms with Gasteiger partial charge in [0, 0.05) is 11.3 Å². The lowest BCUT2D eigenvalue weighted by atomic mass is 10.2. The lowest BCUT2D eigenvalue weighted by Gasteiger charge is -2.06. The summed E-state index contributed by atoms with van der Waals surface area (Å²) in [6.07, 6.45) is 0. The predicted octanol–water partition coefficient (Wildman–Crippen LogP) is 4.06. The average Bonchev–Trinajstić information content (AvgIpc) is 3.04. The molecule has 2 aromatic carbocycles. The molecule has 0 unspecified atom stereocenters. The Morgan fingerprint density at radius 2 is 1.87 bits per heavy atom. The Balaban J connectivity index is 1.67. The standard InChI is InChI=1S/C18H19N3O2/c1-3-22-15-10-8-14(9-11-15)18-20-17(23-21-18)12-19-16-7-5-4-6-13(16)2/h4-11,19H,3,12H2,1-2H3. The monoisotopic (exact) mass is 309 g/mol. The van der Waals surface area contributed by atoms with Crippen molar-refractivity contribution in [2.24, 2.45) is 0 Å². The van der Waals surface area contributed by atoms with Crippen LogP contribution in [-0.2, 0) is 6.54 Å². The number of para-hydroxylation sites is 1. The maximum absolute atomic E-state index is 5.43. The lowest BCUT2D eigenvalue weighted by molar-refractivity contribution is 0.340. The summed E-state index contributed by atoms with van der Waals surface area (Å²) in [5.74, 6) is 1.97. The van der Waals surface area contributed by atoms with Gasteiger partial charge in [-0.05, 0) is 49.7 Å². The SMILES string of the molecule is CCOc1ccc(-c2noc(CNc3ccccc3C)n2)cc1. The molecule has 1 aromatic heterocycles. The van der Waals surface area contributed by atoms with Crippen molar-refractivity contribution in [1.82, 2.24) is 10.1 Å². The van der Waals surface area contributed by atoms with Gasteiger partial charge in [-0.15, -0.1) is 0 Å². The molecule has 0 atom stereocenters. The maximum atomic E-state index is 5.43. The molecule has 0 aliphatic rings. The van der Waals surface area contributed by atoms with Crippen molar-refractivity contribution < 1.29 is 9.26 Å². The van der Waals surface area contributed by atoms with Crippen molar-refractivity contribution in [3.05, 3.63) is 60.0 Å². The smallest absolute Gasteiger partial charge is 0.246 e. The summed E-state index contributed by atoms with van der Waals surface area (Å²) in [6.45, 7) is 5.16. The third kappa shape index (κ3) is 3.69. The molecule has 0 aliphatic carbocycles. The molecule has 3 rings (SSSR count). The predicted molar refractivity (Wildman–Crippen MR) is 89.4 cm³/mol. The van der Waals surface area contributed by atoms with E-state index in [1.807, 2.05) is 49.4 Å². The fraction of sp³-hybridized carbons (Fsp3) is 0.222. The molecular formula is C18H19N3O2. The molecule has 1 N–H and O–H groups in total. The van der Waals surface area contributed by atoms with Crippen molar-refractivity contribution in [2.75, 3.05) is 11.9 Å². The van der Waals surface area contributed by atoms with Gasteiger partial charge in [0.1, 0.15) is 5.75 Å². The Morgan fingerprint density at radius 3 is 2.61 bits per heavy atom.